The highest BCUT2D eigenvalue weighted by Gasteiger charge is 2.67. The molecule has 0 aromatic carbocycles. The van der Waals surface area contributed by atoms with E-state index in [2.05, 4.69) is 10.5 Å². The van der Waals surface area contributed by atoms with Crippen molar-refractivity contribution in [3.63, 3.8) is 0 Å². The average Bonchev–Trinajstić information content (AvgIpc) is 3.41. The highest BCUT2D eigenvalue weighted by atomic mass is 16.5. The molecule has 2 amide bonds. The van der Waals surface area contributed by atoms with E-state index in [4.69, 9.17) is 13.7 Å². The second-order valence-electron chi connectivity index (χ2n) is 6.92. The van der Waals surface area contributed by atoms with Gasteiger partial charge in [-0.05, 0) is 19.1 Å². The zero-order valence-corrected chi connectivity index (χ0v) is 14.0. The van der Waals surface area contributed by atoms with Crippen LogP contribution < -0.4 is 10.2 Å². The predicted octanol–water partition coefficient (Wildman–Crippen LogP) is 1.18. The van der Waals surface area contributed by atoms with Crippen molar-refractivity contribution in [2.45, 2.75) is 25.2 Å². The van der Waals surface area contributed by atoms with Gasteiger partial charge < -0.3 is 19.0 Å². The van der Waals surface area contributed by atoms with Gasteiger partial charge in [0.15, 0.2) is 5.82 Å². The molecule has 26 heavy (non-hydrogen) atoms. The predicted molar refractivity (Wildman–Crippen MR) is 87.9 cm³/mol. The summed E-state index contributed by atoms with van der Waals surface area (Å²) in [6, 6.07) is 5.25. The van der Waals surface area contributed by atoms with E-state index in [9.17, 15) is 9.59 Å². The molecule has 5 heterocycles. The lowest BCUT2D eigenvalue weighted by molar-refractivity contribution is -0.132. The van der Waals surface area contributed by atoms with Gasteiger partial charge in [-0.15, -0.1) is 0 Å². The third-order valence-corrected chi connectivity index (χ3v) is 5.31. The van der Waals surface area contributed by atoms with Crippen LogP contribution in [0.4, 0.5) is 5.82 Å². The zero-order chi connectivity index (χ0) is 17.9. The Hall–Kier alpha value is -2.87. The van der Waals surface area contributed by atoms with E-state index in [1.807, 2.05) is 12.2 Å². The molecule has 3 aliphatic rings. The van der Waals surface area contributed by atoms with Gasteiger partial charge in [-0.25, -0.2) is 0 Å². The van der Waals surface area contributed by atoms with E-state index >= 15 is 0 Å². The van der Waals surface area contributed by atoms with E-state index in [1.165, 1.54) is 0 Å². The molecule has 2 saturated heterocycles. The molecule has 134 valence electrons. The van der Waals surface area contributed by atoms with Gasteiger partial charge in [-0.1, -0.05) is 17.3 Å². The number of anilines is 1. The van der Waals surface area contributed by atoms with Crippen molar-refractivity contribution in [3.8, 4) is 0 Å². The third kappa shape index (κ3) is 2.08. The molecule has 0 radical (unpaired) electrons. The first-order valence-corrected chi connectivity index (χ1v) is 8.49. The first kappa shape index (κ1) is 15.4. The van der Waals surface area contributed by atoms with Gasteiger partial charge in [0.2, 0.25) is 11.8 Å². The van der Waals surface area contributed by atoms with Crippen LogP contribution in [0.2, 0.25) is 0 Å². The van der Waals surface area contributed by atoms with Gasteiger partial charge in [0.25, 0.3) is 0 Å². The van der Waals surface area contributed by atoms with Crippen LogP contribution in [0.3, 0.4) is 0 Å². The molecule has 2 aromatic heterocycles. The van der Waals surface area contributed by atoms with Crippen molar-refractivity contribution in [2.24, 2.45) is 11.8 Å². The summed E-state index contributed by atoms with van der Waals surface area (Å²) in [5.41, 5.74) is -0.776. The van der Waals surface area contributed by atoms with Crippen molar-refractivity contribution in [1.29, 1.82) is 0 Å². The van der Waals surface area contributed by atoms with Gasteiger partial charge in [0.1, 0.15) is 17.1 Å². The molecule has 2 aromatic rings. The summed E-state index contributed by atoms with van der Waals surface area (Å²) < 4.78 is 16.4. The smallest absolute Gasteiger partial charge is 0.235 e. The van der Waals surface area contributed by atoms with Crippen molar-refractivity contribution in [3.05, 3.63) is 48.1 Å². The lowest BCUT2D eigenvalue weighted by Crippen LogP contribution is -2.43. The number of nitrogens with one attached hydrogen (secondary N) is 1. The Balaban J connectivity index is 1.40. The van der Waals surface area contributed by atoms with Gasteiger partial charge >= 0.3 is 0 Å². The van der Waals surface area contributed by atoms with E-state index in [0.29, 0.717) is 23.9 Å². The second-order valence-corrected chi connectivity index (χ2v) is 6.92. The Labute approximate surface area is 148 Å². The van der Waals surface area contributed by atoms with Crippen molar-refractivity contribution in [1.82, 2.24) is 10.5 Å². The topological polar surface area (TPSA) is 97.8 Å². The molecule has 3 unspecified atom stereocenters. The molecule has 2 bridgehead atoms. The van der Waals surface area contributed by atoms with Crippen molar-refractivity contribution < 1.29 is 23.3 Å². The highest BCUT2D eigenvalue weighted by Crippen LogP contribution is 2.52. The largest absolute Gasteiger partial charge is 0.467 e. The minimum absolute atomic E-state index is 0.164. The number of hydrogen-bond acceptors (Lipinski definition) is 6. The molecule has 3 aliphatic heterocycles. The van der Waals surface area contributed by atoms with Crippen LogP contribution in [0.15, 0.2) is 45.6 Å². The number of carbonyl (C=O) groups excluding carboxylic acids is 2. The molecule has 5 rings (SSSR count). The van der Waals surface area contributed by atoms with Crippen LogP contribution in [0.5, 0.6) is 0 Å². The lowest BCUT2D eigenvalue weighted by atomic mass is 9.77. The minimum Gasteiger partial charge on any atom is -0.467 e. The number of aromatic nitrogens is 1. The SMILES string of the molecule is Cc1cc(N2CC34C=C[C@@H](O3)C(C(=O)NCc3ccco3)C4C2=O)no1. The first-order chi connectivity index (χ1) is 12.6. The molecular weight excluding hydrogens is 338 g/mol. The van der Waals surface area contributed by atoms with Crippen LogP contribution >= 0.6 is 0 Å². The third-order valence-electron chi connectivity index (χ3n) is 5.31. The van der Waals surface area contributed by atoms with Crippen LogP contribution in [-0.2, 0) is 20.9 Å². The van der Waals surface area contributed by atoms with Gasteiger partial charge in [0.05, 0.1) is 37.3 Å². The fourth-order valence-electron chi connectivity index (χ4n) is 4.18. The number of furan rings is 1. The number of hydrogen-bond donors (Lipinski definition) is 1. The fraction of sp³-hybridized carbons (Fsp3) is 0.389. The summed E-state index contributed by atoms with van der Waals surface area (Å²) >= 11 is 0. The van der Waals surface area contributed by atoms with Crippen LogP contribution in [0.1, 0.15) is 11.5 Å². The maximum atomic E-state index is 13.1. The molecule has 1 N–H and O–H groups in total. The maximum absolute atomic E-state index is 13.1. The summed E-state index contributed by atoms with van der Waals surface area (Å²) in [4.78, 5) is 27.4. The Bertz CT molecular complexity index is 902. The number of carbonyl (C=O) groups is 2. The normalized spacial score (nSPS) is 31.7. The number of nitrogens with zero attached hydrogens (tertiary/aromatic N) is 2. The summed E-state index contributed by atoms with van der Waals surface area (Å²) in [7, 11) is 0. The van der Waals surface area contributed by atoms with Crippen LogP contribution in [0.25, 0.3) is 0 Å². The Morgan fingerprint density at radius 3 is 3.12 bits per heavy atom. The molecule has 0 saturated carbocycles. The van der Waals surface area contributed by atoms with E-state index < -0.39 is 17.4 Å². The number of rotatable bonds is 4. The van der Waals surface area contributed by atoms with E-state index in [1.54, 1.807) is 36.3 Å². The fourth-order valence-corrected chi connectivity index (χ4v) is 4.18. The number of fused-ring (bicyclic) bond motifs is 1. The molecule has 2 fully saturated rings. The lowest BCUT2D eigenvalue weighted by Gasteiger charge is -2.23. The minimum atomic E-state index is -0.776. The molecule has 8 heteroatoms. The molecule has 4 atom stereocenters. The van der Waals surface area contributed by atoms with E-state index in [0.717, 1.165) is 0 Å². The van der Waals surface area contributed by atoms with Crippen LogP contribution in [-0.4, -0.2) is 35.2 Å². The van der Waals surface area contributed by atoms with Gasteiger partial charge in [-0.3, -0.25) is 14.5 Å². The second kappa shape index (κ2) is 5.31. The monoisotopic (exact) mass is 355 g/mol. The quantitative estimate of drug-likeness (QED) is 0.827. The number of amides is 2. The van der Waals surface area contributed by atoms with Crippen molar-refractivity contribution >= 4 is 17.6 Å². The standard InChI is InChI=1S/C18H17N3O5/c1-10-7-13(20-26-10)21-9-18-5-4-12(25-18)14(15(18)17(21)23)16(22)19-8-11-3-2-6-24-11/h2-7,12,14-15H,8-9H2,1H3,(H,19,22)/t12-,14?,15?,18?/m1/s1. The average molecular weight is 355 g/mol. The van der Waals surface area contributed by atoms with Crippen LogP contribution in [0, 0.1) is 18.8 Å². The molecule has 0 aliphatic carbocycles. The molecule has 8 nitrogen and oxygen atoms in total. The first-order valence-electron chi connectivity index (χ1n) is 8.49. The number of aryl methyl sites for hydroxylation is 1. The van der Waals surface area contributed by atoms with E-state index in [-0.39, 0.29) is 24.5 Å². The maximum Gasteiger partial charge on any atom is 0.235 e. The summed E-state index contributed by atoms with van der Waals surface area (Å²) in [5.74, 6) is 0.219. The van der Waals surface area contributed by atoms with Gasteiger partial charge in [-0.2, -0.15) is 0 Å². The number of ether oxygens (including phenoxy) is 1. The Morgan fingerprint density at radius 2 is 2.38 bits per heavy atom. The summed E-state index contributed by atoms with van der Waals surface area (Å²) in [6.45, 7) is 2.37. The zero-order valence-electron chi connectivity index (χ0n) is 14.0. The molecular formula is C18H17N3O5. The van der Waals surface area contributed by atoms with Crippen molar-refractivity contribution in [2.75, 3.05) is 11.4 Å². The Kier molecular flexibility index (Phi) is 3.14. The summed E-state index contributed by atoms with van der Waals surface area (Å²) in [6.07, 6.45) is 4.95. The summed E-state index contributed by atoms with van der Waals surface area (Å²) in [5, 5.41) is 6.78. The van der Waals surface area contributed by atoms with Gasteiger partial charge in [0, 0.05) is 6.07 Å². The molecule has 1 spiro atoms. The Morgan fingerprint density at radius 1 is 1.50 bits per heavy atom. The highest BCUT2D eigenvalue weighted by molar-refractivity contribution is 6.02.